The molecular weight excluding hydrogens is 579 g/mol. The summed E-state index contributed by atoms with van der Waals surface area (Å²) in [4.78, 5) is 28.0. The van der Waals surface area contributed by atoms with Gasteiger partial charge < -0.3 is 21.3 Å². The second-order valence-electron chi connectivity index (χ2n) is 7.09. The van der Waals surface area contributed by atoms with E-state index in [-0.39, 0.29) is 5.91 Å². The Morgan fingerprint density at radius 3 is 2.56 bits per heavy atom. The molecule has 1 aromatic heterocycles. The summed E-state index contributed by atoms with van der Waals surface area (Å²) in [6, 6.07) is 14.7. The van der Waals surface area contributed by atoms with E-state index in [2.05, 4.69) is 33.2 Å². The van der Waals surface area contributed by atoms with E-state index in [9.17, 15) is 9.59 Å². The quantitative estimate of drug-likeness (QED) is 0.288. The van der Waals surface area contributed by atoms with Gasteiger partial charge in [0.15, 0.2) is 5.11 Å². The number of thiophene rings is 1. The summed E-state index contributed by atoms with van der Waals surface area (Å²) in [5, 5.41) is 7.67. The molecule has 0 saturated carbocycles. The first kappa shape index (κ1) is 23.0. The van der Waals surface area contributed by atoms with Crippen LogP contribution in [0.2, 0.25) is 5.02 Å². The number of primary amides is 1. The lowest BCUT2D eigenvalue weighted by Gasteiger charge is -2.29. The van der Waals surface area contributed by atoms with Crippen LogP contribution in [0.5, 0.6) is 0 Å². The Morgan fingerprint density at radius 2 is 1.84 bits per heavy atom. The molecule has 4 N–H and O–H groups in total. The van der Waals surface area contributed by atoms with Crippen molar-refractivity contribution in [2.45, 2.75) is 13.0 Å². The summed E-state index contributed by atoms with van der Waals surface area (Å²) in [7, 11) is 0. The van der Waals surface area contributed by atoms with Gasteiger partial charge >= 0.3 is 0 Å². The van der Waals surface area contributed by atoms with Crippen molar-refractivity contribution in [2.24, 2.45) is 5.73 Å². The molecular formula is C22H18ClIN4O2S2. The standard InChI is InChI=1S/C22H18ClIN4O2S2/c23-14-6-2-4-8-16(14)26-22(31)28-10-9-13-17(11-28)32-21(18(13)19(25)29)27-20(30)12-5-1-3-7-15(12)24/h1-8H,9-11H2,(H2,25,29)(H,26,31)(H,27,30). The number of fused-ring (bicyclic) bond motifs is 1. The van der Waals surface area contributed by atoms with Crippen LogP contribution in [0, 0.1) is 3.57 Å². The molecule has 6 nitrogen and oxygen atoms in total. The third kappa shape index (κ3) is 4.75. The monoisotopic (exact) mass is 596 g/mol. The molecule has 3 aromatic rings. The molecule has 0 spiro atoms. The summed E-state index contributed by atoms with van der Waals surface area (Å²) in [5.74, 6) is -0.824. The molecule has 164 valence electrons. The highest BCUT2D eigenvalue weighted by atomic mass is 127. The summed E-state index contributed by atoms with van der Waals surface area (Å²) < 4.78 is 0.826. The van der Waals surface area contributed by atoms with Gasteiger partial charge in [-0.15, -0.1) is 11.3 Å². The third-order valence-corrected chi connectivity index (χ3v) is 7.81. The van der Waals surface area contributed by atoms with Gasteiger partial charge in [-0.1, -0.05) is 35.9 Å². The van der Waals surface area contributed by atoms with Crippen molar-refractivity contribution in [2.75, 3.05) is 17.2 Å². The van der Waals surface area contributed by atoms with Crippen LogP contribution >= 0.6 is 57.7 Å². The lowest BCUT2D eigenvalue weighted by atomic mass is 10.0. The molecule has 0 fully saturated rings. The molecule has 0 bridgehead atoms. The lowest BCUT2D eigenvalue weighted by molar-refractivity contribution is 0.1000. The van der Waals surface area contributed by atoms with Gasteiger partial charge in [0.05, 0.1) is 28.4 Å². The van der Waals surface area contributed by atoms with Crippen molar-refractivity contribution in [3.05, 3.63) is 78.7 Å². The molecule has 1 aliphatic rings. The highest BCUT2D eigenvalue weighted by Gasteiger charge is 2.29. The minimum absolute atomic E-state index is 0.274. The fourth-order valence-corrected chi connectivity index (χ4v) is 5.84. The Morgan fingerprint density at radius 1 is 1.12 bits per heavy atom. The summed E-state index contributed by atoms with van der Waals surface area (Å²) in [5.41, 5.74) is 8.22. The first-order valence-electron chi connectivity index (χ1n) is 9.66. The minimum atomic E-state index is -0.550. The number of nitrogens with two attached hydrogens (primary N) is 1. The number of amides is 2. The zero-order valence-electron chi connectivity index (χ0n) is 16.7. The number of nitrogens with zero attached hydrogens (tertiary/aromatic N) is 1. The highest BCUT2D eigenvalue weighted by Crippen LogP contribution is 2.37. The van der Waals surface area contributed by atoms with E-state index in [0.29, 0.717) is 45.8 Å². The van der Waals surface area contributed by atoms with E-state index in [1.54, 1.807) is 18.2 Å². The number of hydrogen-bond acceptors (Lipinski definition) is 4. The van der Waals surface area contributed by atoms with E-state index < -0.39 is 5.91 Å². The number of anilines is 2. The highest BCUT2D eigenvalue weighted by molar-refractivity contribution is 14.1. The number of carbonyl (C=O) groups is 2. The fourth-order valence-electron chi connectivity index (χ4n) is 3.50. The number of thiocarbonyl (C=S) groups is 1. The first-order valence-corrected chi connectivity index (χ1v) is 12.3. The maximum absolute atomic E-state index is 12.8. The molecule has 0 aliphatic carbocycles. The first-order chi connectivity index (χ1) is 15.3. The number of carbonyl (C=O) groups excluding carboxylic acids is 2. The SMILES string of the molecule is NC(=O)c1c(NC(=O)c2ccccc2I)sc2c1CCN(C(=S)Nc1ccccc1Cl)C2. The summed E-state index contributed by atoms with van der Waals surface area (Å²) in [6.07, 6.45) is 0.590. The van der Waals surface area contributed by atoms with Gasteiger partial charge in [0.2, 0.25) is 0 Å². The Bertz CT molecular complexity index is 1230. The molecule has 0 saturated heterocycles. The van der Waals surface area contributed by atoms with Crippen LogP contribution in [-0.2, 0) is 13.0 Å². The van der Waals surface area contributed by atoms with Crippen molar-refractivity contribution in [3.8, 4) is 0 Å². The number of benzene rings is 2. The predicted octanol–water partition coefficient (Wildman–Crippen LogP) is 5.11. The molecule has 32 heavy (non-hydrogen) atoms. The van der Waals surface area contributed by atoms with E-state index in [0.717, 1.165) is 19.7 Å². The Hall–Kier alpha value is -2.21. The Balaban J connectivity index is 1.56. The molecule has 2 aromatic carbocycles. The smallest absolute Gasteiger partial charge is 0.257 e. The zero-order chi connectivity index (χ0) is 22.8. The third-order valence-electron chi connectivity index (χ3n) is 5.05. The van der Waals surface area contributed by atoms with Gasteiger partial charge in [-0.2, -0.15) is 0 Å². The van der Waals surface area contributed by atoms with Gasteiger partial charge in [0.25, 0.3) is 11.8 Å². The van der Waals surface area contributed by atoms with E-state index in [4.69, 9.17) is 29.6 Å². The topological polar surface area (TPSA) is 87.5 Å². The largest absolute Gasteiger partial charge is 0.365 e. The van der Waals surface area contributed by atoms with Crippen molar-refractivity contribution >= 4 is 85.4 Å². The molecule has 4 rings (SSSR count). The normalized spacial score (nSPS) is 12.8. The Labute approximate surface area is 213 Å². The van der Waals surface area contributed by atoms with E-state index in [1.165, 1.54) is 11.3 Å². The molecule has 10 heteroatoms. The van der Waals surface area contributed by atoms with Gasteiger partial charge in [-0.3, -0.25) is 9.59 Å². The molecule has 0 unspecified atom stereocenters. The van der Waals surface area contributed by atoms with Crippen LogP contribution in [0.25, 0.3) is 0 Å². The second-order valence-corrected chi connectivity index (χ2v) is 10.1. The molecule has 2 amide bonds. The van der Waals surface area contributed by atoms with Crippen LogP contribution in [-0.4, -0.2) is 28.4 Å². The number of para-hydroxylation sites is 1. The van der Waals surface area contributed by atoms with Crippen molar-refractivity contribution in [1.82, 2.24) is 4.90 Å². The molecule has 1 aliphatic heterocycles. The maximum Gasteiger partial charge on any atom is 0.257 e. The van der Waals surface area contributed by atoms with Crippen LogP contribution in [0.15, 0.2) is 48.5 Å². The molecule has 0 atom stereocenters. The average molecular weight is 597 g/mol. The van der Waals surface area contributed by atoms with Gasteiger partial charge in [0.1, 0.15) is 5.00 Å². The van der Waals surface area contributed by atoms with Crippen LogP contribution in [0.3, 0.4) is 0 Å². The molecule has 0 radical (unpaired) electrons. The minimum Gasteiger partial charge on any atom is -0.365 e. The van der Waals surface area contributed by atoms with Crippen molar-refractivity contribution in [1.29, 1.82) is 0 Å². The maximum atomic E-state index is 12.8. The molecule has 2 heterocycles. The average Bonchev–Trinajstić information content (AvgIpc) is 3.12. The second kappa shape index (κ2) is 9.74. The fraction of sp³-hybridized carbons (Fsp3) is 0.136. The van der Waals surface area contributed by atoms with Crippen molar-refractivity contribution in [3.63, 3.8) is 0 Å². The predicted molar refractivity (Wildman–Crippen MR) is 142 cm³/mol. The van der Waals surface area contributed by atoms with Crippen molar-refractivity contribution < 1.29 is 9.59 Å². The van der Waals surface area contributed by atoms with Gasteiger partial charge in [0, 0.05) is 15.0 Å². The van der Waals surface area contributed by atoms with E-state index >= 15 is 0 Å². The van der Waals surface area contributed by atoms with Crippen LogP contribution in [0.1, 0.15) is 31.2 Å². The van der Waals surface area contributed by atoms with Gasteiger partial charge in [-0.05, 0) is 71.1 Å². The summed E-state index contributed by atoms with van der Waals surface area (Å²) in [6.45, 7) is 1.12. The number of nitrogens with one attached hydrogen (secondary N) is 2. The lowest BCUT2D eigenvalue weighted by Crippen LogP contribution is -2.38. The Kier molecular flexibility index (Phi) is 6.99. The van der Waals surface area contributed by atoms with Crippen LogP contribution < -0.4 is 16.4 Å². The van der Waals surface area contributed by atoms with Gasteiger partial charge in [-0.25, -0.2) is 0 Å². The number of hydrogen-bond donors (Lipinski definition) is 3. The van der Waals surface area contributed by atoms with Crippen LogP contribution in [0.4, 0.5) is 10.7 Å². The number of rotatable bonds is 4. The summed E-state index contributed by atoms with van der Waals surface area (Å²) >= 11 is 15.3. The number of halogens is 2. The van der Waals surface area contributed by atoms with E-state index in [1.807, 2.05) is 35.2 Å². The zero-order valence-corrected chi connectivity index (χ0v) is 21.2.